The molecule has 0 spiro atoms. The van der Waals surface area contributed by atoms with Gasteiger partial charge in [-0.3, -0.25) is 0 Å². The van der Waals surface area contributed by atoms with Gasteiger partial charge in [0.15, 0.2) is 17.3 Å². The second-order valence-electron chi connectivity index (χ2n) is 5.78. The lowest BCUT2D eigenvalue weighted by atomic mass is 10.1. The van der Waals surface area contributed by atoms with Crippen LogP contribution in [0, 0.1) is 13.5 Å². The monoisotopic (exact) mass is 400 g/mol. The van der Waals surface area contributed by atoms with Crippen LogP contribution in [0.4, 0.5) is 10.8 Å². The highest BCUT2D eigenvalue weighted by Crippen LogP contribution is 2.43. The van der Waals surface area contributed by atoms with Crippen molar-refractivity contribution in [1.82, 2.24) is 9.97 Å². The molecule has 0 bridgehead atoms. The topological polar surface area (TPSA) is 90.1 Å². The van der Waals surface area contributed by atoms with E-state index in [0.29, 0.717) is 50.8 Å². The van der Waals surface area contributed by atoms with Gasteiger partial charge in [0.2, 0.25) is 10.8 Å². The van der Waals surface area contributed by atoms with Crippen molar-refractivity contribution in [1.29, 1.82) is 0 Å². The van der Waals surface area contributed by atoms with Gasteiger partial charge in [-0.1, -0.05) is 0 Å². The number of rotatable bonds is 7. The lowest BCUT2D eigenvalue weighted by Crippen LogP contribution is -2.08. The molecule has 0 atom stereocenters. The summed E-state index contributed by atoms with van der Waals surface area (Å²) in [6, 6.07) is 3.54. The minimum Gasteiger partial charge on any atom is -0.493 e. The van der Waals surface area contributed by atoms with Crippen LogP contribution >= 0.6 is 11.3 Å². The van der Waals surface area contributed by atoms with Gasteiger partial charge < -0.3 is 24.6 Å². The maximum atomic E-state index is 9.20. The first-order chi connectivity index (χ1) is 13.6. The maximum absolute atomic E-state index is 9.20. The van der Waals surface area contributed by atoms with E-state index in [1.54, 1.807) is 33.5 Å². The number of aliphatic hydroxyl groups excluding tert-OH is 1. The molecule has 0 saturated heterocycles. The van der Waals surface area contributed by atoms with Crippen molar-refractivity contribution in [2.75, 3.05) is 39.8 Å². The summed E-state index contributed by atoms with van der Waals surface area (Å²) in [5.74, 6) is 2.50. The Hall–Kier alpha value is -3.09. The summed E-state index contributed by atoms with van der Waals surface area (Å²) in [5, 5.41) is 13.7. The minimum atomic E-state index is -0.0378. The van der Waals surface area contributed by atoms with E-state index in [0.717, 1.165) is 10.9 Å². The van der Waals surface area contributed by atoms with Crippen LogP contribution in [0.1, 0.15) is 5.56 Å². The number of aryl methyl sites for hydroxylation is 1. The van der Waals surface area contributed by atoms with Crippen molar-refractivity contribution in [2.45, 2.75) is 6.92 Å². The molecule has 0 saturated carbocycles. The van der Waals surface area contributed by atoms with Crippen LogP contribution in [0.2, 0.25) is 0 Å². The molecule has 8 nitrogen and oxygen atoms in total. The fourth-order valence-corrected chi connectivity index (χ4v) is 3.84. The fourth-order valence-electron chi connectivity index (χ4n) is 2.88. The van der Waals surface area contributed by atoms with Crippen LogP contribution < -0.4 is 19.5 Å². The van der Waals surface area contributed by atoms with Gasteiger partial charge in [0.1, 0.15) is 10.6 Å². The van der Waals surface area contributed by atoms with Crippen molar-refractivity contribution >= 4 is 32.4 Å². The molecule has 1 aromatic carbocycles. The van der Waals surface area contributed by atoms with Crippen molar-refractivity contribution in [3.05, 3.63) is 29.1 Å². The van der Waals surface area contributed by atoms with Gasteiger partial charge >= 0.3 is 0 Å². The molecular formula is C19H20N4O4S. The number of ether oxygens (including phenoxy) is 3. The van der Waals surface area contributed by atoms with E-state index in [1.807, 2.05) is 6.92 Å². The summed E-state index contributed by atoms with van der Waals surface area (Å²) in [7, 11) is 4.63. The van der Waals surface area contributed by atoms with Crippen molar-refractivity contribution in [2.24, 2.45) is 0 Å². The largest absolute Gasteiger partial charge is 0.493 e. The zero-order valence-electron chi connectivity index (χ0n) is 16.0. The third kappa shape index (κ3) is 3.40. The molecule has 0 fully saturated rings. The number of aromatic nitrogens is 2. The molecule has 0 unspecified atom stereocenters. The molecule has 0 aliphatic carbocycles. The van der Waals surface area contributed by atoms with Gasteiger partial charge in [-0.15, -0.1) is 11.3 Å². The van der Waals surface area contributed by atoms with E-state index < -0.39 is 0 Å². The molecular weight excluding hydrogens is 380 g/mol. The zero-order valence-corrected chi connectivity index (χ0v) is 16.8. The van der Waals surface area contributed by atoms with E-state index in [1.165, 1.54) is 11.3 Å². The number of aliphatic hydroxyl groups is 1. The van der Waals surface area contributed by atoms with Crippen LogP contribution in [0.5, 0.6) is 17.2 Å². The summed E-state index contributed by atoms with van der Waals surface area (Å²) in [4.78, 5) is 13.6. The van der Waals surface area contributed by atoms with Gasteiger partial charge in [-0.05, 0) is 24.6 Å². The quantitative estimate of drug-likeness (QED) is 0.585. The predicted molar refractivity (Wildman–Crippen MR) is 109 cm³/mol. The first-order valence-corrected chi connectivity index (χ1v) is 9.23. The second-order valence-corrected chi connectivity index (χ2v) is 6.76. The predicted octanol–water partition coefficient (Wildman–Crippen LogP) is 3.65. The number of nitrogens with zero attached hydrogens (tertiary/aromatic N) is 3. The van der Waals surface area contributed by atoms with E-state index >= 15 is 0 Å². The first-order valence-electron chi connectivity index (χ1n) is 8.41. The highest BCUT2D eigenvalue weighted by Gasteiger charge is 2.20. The van der Waals surface area contributed by atoms with Crippen LogP contribution in [-0.4, -0.2) is 49.6 Å². The zero-order chi connectivity index (χ0) is 20.3. The molecule has 2 aromatic heterocycles. The fraction of sp³-hybridized carbons (Fsp3) is 0.316. The van der Waals surface area contributed by atoms with Gasteiger partial charge in [0.25, 0.3) is 0 Å². The lowest BCUT2D eigenvalue weighted by molar-refractivity contribution is 0.311. The third-order valence-corrected chi connectivity index (χ3v) is 5.27. The normalized spacial score (nSPS) is 10.6. The van der Waals surface area contributed by atoms with Gasteiger partial charge in [-0.2, -0.15) is 0 Å². The number of fused-ring (bicyclic) bond motifs is 1. The van der Waals surface area contributed by atoms with Crippen molar-refractivity contribution in [3.63, 3.8) is 0 Å². The van der Waals surface area contributed by atoms with Gasteiger partial charge in [0.05, 0.1) is 34.5 Å². The van der Waals surface area contributed by atoms with Crippen molar-refractivity contribution < 1.29 is 19.3 Å². The highest BCUT2D eigenvalue weighted by atomic mass is 32.1. The Kier molecular flexibility index (Phi) is 5.82. The van der Waals surface area contributed by atoms with Crippen LogP contribution in [0.15, 0.2) is 12.1 Å². The van der Waals surface area contributed by atoms with E-state index in [-0.39, 0.29) is 6.61 Å². The second kappa shape index (κ2) is 8.29. The molecule has 3 rings (SSSR count). The molecule has 2 heterocycles. The smallest absolute Gasteiger partial charge is 0.246 e. The Morgan fingerprint density at radius 2 is 1.82 bits per heavy atom. The number of methoxy groups -OCH3 is 3. The lowest BCUT2D eigenvalue weighted by Gasteiger charge is -2.14. The summed E-state index contributed by atoms with van der Waals surface area (Å²) in [6.07, 6.45) is 0. The Balaban J connectivity index is 2.25. The number of nitrogens with one attached hydrogen (secondary N) is 1. The van der Waals surface area contributed by atoms with Crippen LogP contribution in [0.3, 0.4) is 0 Å². The standard InChI is InChI=1S/C19H20N4O4S/c1-10-14-17(21-6-7-24)22-16(23-19(14)28-18(10)20-2)11-8-12(25-3)15(27-5)13(9-11)26-4/h8-9,24H,6-7H2,1,3-5H3,(H,21,22,23). The molecule has 0 aliphatic heterocycles. The Morgan fingerprint density at radius 1 is 1.14 bits per heavy atom. The molecule has 0 amide bonds. The third-order valence-electron chi connectivity index (χ3n) is 4.19. The van der Waals surface area contributed by atoms with Crippen molar-refractivity contribution in [3.8, 4) is 28.6 Å². The SMILES string of the molecule is [C-]#[N+]c1sc2nc(-c3cc(OC)c(OC)c(OC)c3)nc(NCCO)c2c1C. The van der Waals surface area contributed by atoms with Gasteiger partial charge in [0, 0.05) is 17.5 Å². The summed E-state index contributed by atoms with van der Waals surface area (Å²) < 4.78 is 16.2. The van der Waals surface area contributed by atoms with Crippen LogP contribution in [0.25, 0.3) is 26.4 Å². The van der Waals surface area contributed by atoms with E-state index in [9.17, 15) is 5.11 Å². The molecule has 28 heavy (non-hydrogen) atoms. The molecule has 3 aromatic rings. The molecule has 9 heteroatoms. The average molecular weight is 400 g/mol. The molecule has 146 valence electrons. The average Bonchev–Trinajstić information content (AvgIpc) is 3.06. The molecule has 2 N–H and O–H groups in total. The van der Waals surface area contributed by atoms with Crippen LogP contribution in [-0.2, 0) is 0 Å². The molecule has 0 radical (unpaired) electrons. The summed E-state index contributed by atoms with van der Waals surface area (Å²) >= 11 is 1.31. The Bertz CT molecular complexity index is 1030. The number of thiophene rings is 1. The number of benzene rings is 1. The minimum absolute atomic E-state index is 0.0378. The highest BCUT2D eigenvalue weighted by molar-refractivity contribution is 7.22. The Labute approximate surface area is 166 Å². The summed E-state index contributed by atoms with van der Waals surface area (Å²) in [5.41, 5.74) is 1.51. The number of anilines is 1. The summed E-state index contributed by atoms with van der Waals surface area (Å²) in [6.45, 7) is 9.55. The number of hydrogen-bond donors (Lipinski definition) is 2. The van der Waals surface area contributed by atoms with E-state index in [4.69, 9.17) is 20.8 Å². The van der Waals surface area contributed by atoms with E-state index in [2.05, 4.69) is 20.1 Å². The Morgan fingerprint density at radius 3 is 2.36 bits per heavy atom. The molecule has 0 aliphatic rings. The van der Waals surface area contributed by atoms with Gasteiger partial charge in [-0.25, -0.2) is 14.8 Å². The number of hydrogen-bond acceptors (Lipinski definition) is 8. The first kappa shape index (κ1) is 19.7. The maximum Gasteiger partial charge on any atom is 0.246 e.